The number of nitrogens with zero attached hydrogens (tertiary/aromatic N) is 2. The smallest absolute Gasteiger partial charge is 0.311 e. The van der Waals surface area contributed by atoms with E-state index in [9.17, 15) is 18.3 Å². The molecule has 0 radical (unpaired) electrons. The van der Waals surface area contributed by atoms with Crippen LogP contribution in [0.25, 0.3) is 10.9 Å². The maximum atomic E-state index is 13.2. The zero-order valence-electron chi connectivity index (χ0n) is 13.4. The zero-order valence-corrected chi connectivity index (χ0v) is 14.9. The lowest BCUT2D eigenvalue weighted by molar-refractivity contribution is -0.149. The summed E-state index contributed by atoms with van der Waals surface area (Å²) in [6.45, 7) is 0.262. The molecule has 0 amide bonds. The number of benzene rings is 1. The van der Waals surface area contributed by atoms with Crippen LogP contribution in [-0.4, -0.2) is 41.9 Å². The minimum absolute atomic E-state index is 0.0201. The van der Waals surface area contributed by atoms with Crippen LogP contribution in [0, 0.1) is 11.3 Å². The molecule has 132 valence electrons. The van der Waals surface area contributed by atoms with E-state index in [2.05, 4.69) is 4.98 Å². The first-order valence-electron chi connectivity index (χ1n) is 8.13. The van der Waals surface area contributed by atoms with Gasteiger partial charge in [0.15, 0.2) is 0 Å². The van der Waals surface area contributed by atoms with Crippen molar-refractivity contribution in [3.63, 3.8) is 0 Å². The van der Waals surface area contributed by atoms with Gasteiger partial charge in [0.1, 0.15) is 4.90 Å². The van der Waals surface area contributed by atoms with E-state index in [4.69, 9.17) is 11.6 Å². The highest BCUT2D eigenvalue weighted by atomic mass is 35.5. The number of hydrogen-bond donors (Lipinski definition) is 1. The first-order valence-corrected chi connectivity index (χ1v) is 9.95. The van der Waals surface area contributed by atoms with E-state index in [1.807, 2.05) is 0 Å². The van der Waals surface area contributed by atoms with Crippen LogP contribution in [-0.2, 0) is 14.8 Å². The highest BCUT2D eigenvalue weighted by molar-refractivity contribution is 7.89. The third kappa shape index (κ3) is 2.37. The number of carboxylic acid groups (broad SMARTS) is 1. The molecule has 1 aromatic carbocycles. The van der Waals surface area contributed by atoms with Gasteiger partial charge in [-0.15, -0.1) is 0 Å². The zero-order chi connectivity index (χ0) is 17.8. The van der Waals surface area contributed by atoms with Crippen molar-refractivity contribution in [1.29, 1.82) is 0 Å². The normalized spacial score (nSPS) is 26.8. The average molecular weight is 381 g/mol. The van der Waals surface area contributed by atoms with Crippen LogP contribution < -0.4 is 0 Å². The second-order valence-electron chi connectivity index (χ2n) is 6.79. The number of aromatic nitrogens is 1. The first kappa shape index (κ1) is 16.8. The number of halogens is 1. The van der Waals surface area contributed by atoms with Crippen molar-refractivity contribution in [3.05, 3.63) is 35.5 Å². The summed E-state index contributed by atoms with van der Waals surface area (Å²) in [6.07, 6.45) is 3.58. The maximum absolute atomic E-state index is 13.2. The van der Waals surface area contributed by atoms with Gasteiger partial charge in [0, 0.05) is 24.7 Å². The van der Waals surface area contributed by atoms with Crippen molar-refractivity contribution in [1.82, 2.24) is 9.29 Å². The summed E-state index contributed by atoms with van der Waals surface area (Å²) in [4.78, 5) is 16.1. The molecule has 2 heterocycles. The summed E-state index contributed by atoms with van der Waals surface area (Å²) >= 11 is 6.15. The molecule has 1 aliphatic carbocycles. The Morgan fingerprint density at radius 3 is 2.88 bits per heavy atom. The standard InChI is InChI=1S/C17H17ClN2O4S/c18-13-6-8-19-15-12(13)4-1-5-14(15)25(23,24)20-9-11-3-2-7-17(11,10-20)16(21)22/h1,4-6,8,11H,2-3,7,9-10H2,(H,21,22)/t11-,17+/m0/s1. The molecule has 0 spiro atoms. The number of carboxylic acids is 1. The predicted molar refractivity (Wildman–Crippen MR) is 92.9 cm³/mol. The Bertz CT molecular complexity index is 978. The molecule has 0 bridgehead atoms. The Hall–Kier alpha value is -1.70. The highest BCUT2D eigenvalue weighted by Gasteiger charge is 2.57. The summed E-state index contributed by atoms with van der Waals surface area (Å²) in [5.74, 6) is -1.03. The van der Waals surface area contributed by atoms with E-state index in [0.717, 1.165) is 12.8 Å². The van der Waals surface area contributed by atoms with Crippen LogP contribution in [0.4, 0.5) is 0 Å². The summed E-state index contributed by atoms with van der Waals surface area (Å²) in [7, 11) is -3.85. The van der Waals surface area contributed by atoms with Crippen molar-refractivity contribution in [3.8, 4) is 0 Å². The maximum Gasteiger partial charge on any atom is 0.311 e. The predicted octanol–water partition coefficient (Wildman–Crippen LogP) is 2.76. The molecule has 2 fully saturated rings. The lowest BCUT2D eigenvalue weighted by Crippen LogP contribution is -2.37. The Morgan fingerprint density at radius 2 is 2.16 bits per heavy atom. The Labute approximate surface area is 150 Å². The summed E-state index contributed by atoms with van der Waals surface area (Å²) < 4.78 is 27.7. The molecule has 1 aliphatic heterocycles. The van der Waals surface area contributed by atoms with Gasteiger partial charge in [-0.3, -0.25) is 9.78 Å². The summed E-state index contributed by atoms with van der Waals surface area (Å²) in [5.41, 5.74) is -0.639. The average Bonchev–Trinajstić information content (AvgIpc) is 3.13. The van der Waals surface area contributed by atoms with E-state index < -0.39 is 21.4 Å². The van der Waals surface area contributed by atoms with Crippen LogP contribution in [0.3, 0.4) is 0 Å². The van der Waals surface area contributed by atoms with Crippen molar-refractivity contribution in [2.45, 2.75) is 24.2 Å². The number of aliphatic carboxylic acids is 1. The van der Waals surface area contributed by atoms with Gasteiger partial charge in [-0.05, 0) is 30.9 Å². The van der Waals surface area contributed by atoms with E-state index in [-0.39, 0.29) is 23.9 Å². The van der Waals surface area contributed by atoms with Crippen molar-refractivity contribution in [2.24, 2.45) is 11.3 Å². The minimum Gasteiger partial charge on any atom is -0.481 e. The molecule has 8 heteroatoms. The lowest BCUT2D eigenvalue weighted by atomic mass is 9.81. The lowest BCUT2D eigenvalue weighted by Gasteiger charge is -2.23. The Kier molecular flexibility index (Phi) is 3.79. The number of hydrogen-bond acceptors (Lipinski definition) is 4. The molecular weight excluding hydrogens is 364 g/mol. The van der Waals surface area contributed by atoms with Gasteiger partial charge in [0.2, 0.25) is 10.0 Å². The van der Waals surface area contributed by atoms with Crippen LogP contribution >= 0.6 is 11.6 Å². The summed E-state index contributed by atoms with van der Waals surface area (Å²) in [6, 6.07) is 6.47. The van der Waals surface area contributed by atoms with E-state index in [1.165, 1.54) is 16.6 Å². The molecule has 1 saturated heterocycles. The summed E-state index contributed by atoms with van der Waals surface area (Å²) in [5, 5.41) is 10.7. The number of para-hydroxylation sites is 1. The number of sulfonamides is 1. The molecule has 0 unspecified atom stereocenters. The van der Waals surface area contributed by atoms with Crippen LogP contribution in [0.1, 0.15) is 19.3 Å². The number of pyridine rings is 1. The topological polar surface area (TPSA) is 87.6 Å². The third-order valence-electron chi connectivity index (χ3n) is 5.56. The van der Waals surface area contributed by atoms with Gasteiger partial charge in [0.25, 0.3) is 0 Å². The van der Waals surface area contributed by atoms with Gasteiger partial charge < -0.3 is 5.11 Å². The van der Waals surface area contributed by atoms with Gasteiger partial charge in [-0.25, -0.2) is 8.42 Å². The third-order valence-corrected chi connectivity index (χ3v) is 7.74. The fourth-order valence-electron chi connectivity index (χ4n) is 4.24. The van der Waals surface area contributed by atoms with Crippen molar-refractivity contribution in [2.75, 3.05) is 13.1 Å². The van der Waals surface area contributed by atoms with E-state index in [0.29, 0.717) is 22.3 Å². The van der Waals surface area contributed by atoms with Crippen molar-refractivity contribution >= 4 is 38.5 Å². The van der Waals surface area contributed by atoms with Gasteiger partial charge in [-0.1, -0.05) is 30.2 Å². The Balaban J connectivity index is 1.80. The van der Waals surface area contributed by atoms with E-state index in [1.54, 1.807) is 18.2 Å². The Morgan fingerprint density at radius 1 is 1.36 bits per heavy atom. The number of rotatable bonds is 3. The fourth-order valence-corrected chi connectivity index (χ4v) is 6.16. The molecule has 1 saturated carbocycles. The highest BCUT2D eigenvalue weighted by Crippen LogP contribution is 2.50. The van der Waals surface area contributed by atoms with Gasteiger partial charge in [0.05, 0.1) is 16.0 Å². The molecule has 2 aromatic rings. The van der Waals surface area contributed by atoms with Crippen LogP contribution in [0.2, 0.25) is 5.02 Å². The molecule has 4 rings (SSSR count). The SMILES string of the molecule is O=C(O)[C@@]12CCC[C@H]1CN(S(=O)(=O)c1cccc3c(Cl)ccnc13)C2. The molecule has 25 heavy (non-hydrogen) atoms. The minimum atomic E-state index is -3.85. The quantitative estimate of drug-likeness (QED) is 0.884. The molecule has 2 aliphatic rings. The molecular formula is C17H17ClN2O4S. The van der Waals surface area contributed by atoms with E-state index >= 15 is 0 Å². The molecule has 2 atom stereocenters. The van der Waals surface area contributed by atoms with Crippen molar-refractivity contribution < 1.29 is 18.3 Å². The first-order chi connectivity index (χ1) is 11.9. The second kappa shape index (κ2) is 5.65. The van der Waals surface area contributed by atoms with Crippen LogP contribution in [0.15, 0.2) is 35.4 Å². The largest absolute Gasteiger partial charge is 0.481 e. The van der Waals surface area contributed by atoms with Gasteiger partial charge in [-0.2, -0.15) is 4.31 Å². The number of carbonyl (C=O) groups is 1. The number of fused-ring (bicyclic) bond motifs is 2. The monoisotopic (exact) mass is 380 g/mol. The van der Waals surface area contributed by atoms with Crippen LogP contribution in [0.5, 0.6) is 0 Å². The fraction of sp³-hybridized carbons (Fsp3) is 0.412. The van der Waals surface area contributed by atoms with Gasteiger partial charge >= 0.3 is 5.97 Å². The second-order valence-corrected chi connectivity index (χ2v) is 9.11. The molecule has 1 aromatic heterocycles. The molecule has 1 N–H and O–H groups in total. The molecule has 6 nitrogen and oxygen atoms in total.